The number of amides is 1. The highest BCUT2D eigenvalue weighted by Crippen LogP contribution is 2.30. The molecule has 0 bridgehead atoms. The summed E-state index contributed by atoms with van der Waals surface area (Å²) in [5, 5.41) is 4.47. The van der Waals surface area contributed by atoms with Crippen LogP contribution in [0.4, 0.5) is 11.4 Å². The fraction of sp³-hybridized carbons (Fsp3) is 0.217. The van der Waals surface area contributed by atoms with Crippen LogP contribution in [0.3, 0.4) is 0 Å². The summed E-state index contributed by atoms with van der Waals surface area (Å²) < 4.78 is 11.9. The van der Waals surface area contributed by atoms with Crippen LogP contribution in [0.25, 0.3) is 5.69 Å². The number of ether oxygens (including phenoxy) is 2. The van der Waals surface area contributed by atoms with Gasteiger partial charge in [0.1, 0.15) is 11.4 Å². The van der Waals surface area contributed by atoms with Gasteiger partial charge in [0, 0.05) is 17.8 Å². The number of anilines is 1. The van der Waals surface area contributed by atoms with E-state index in [-0.39, 0.29) is 18.2 Å². The second-order valence-electron chi connectivity index (χ2n) is 6.89. The smallest absolute Gasteiger partial charge is 0.359 e. The largest absolute Gasteiger partial charge is 0.497 e. The van der Waals surface area contributed by atoms with E-state index in [1.807, 2.05) is 12.1 Å². The Labute approximate surface area is 179 Å². The number of carbonyl (C=O) groups is 2. The molecule has 0 aliphatic carbocycles. The molecule has 8 nitrogen and oxygen atoms in total. The number of rotatable bonds is 6. The number of aromatic nitrogens is 2. The summed E-state index contributed by atoms with van der Waals surface area (Å²) in [6.45, 7) is 5.90. The van der Waals surface area contributed by atoms with E-state index in [1.165, 1.54) is 4.68 Å². The first-order chi connectivity index (χ1) is 15.1. The molecule has 1 aromatic heterocycles. The Bertz CT molecular complexity index is 1130. The van der Waals surface area contributed by atoms with Crippen molar-refractivity contribution in [3.05, 3.63) is 65.5 Å². The van der Waals surface area contributed by atoms with Gasteiger partial charge in [-0.3, -0.25) is 9.79 Å². The van der Waals surface area contributed by atoms with Crippen LogP contribution in [0.15, 0.2) is 53.5 Å². The molecule has 1 aliphatic rings. The van der Waals surface area contributed by atoms with Gasteiger partial charge >= 0.3 is 5.97 Å². The molecular weight excluding hydrogens is 396 g/mol. The van der Waals surface area contributed by atoms with Gasteiger partial charge in [-0.05, 0) is 68.6 Å². The molecule has 0 atom stereocenters. The lowest BCUT2D eigenvalue weighted by Crippen LogP contribution is -2.39. The van der Waals surface area contributed by atoms with Crippen LogP contribution in [0.5, 0.6) is 5.75 Å². The summed E-state index contributed by atoms with van der Waals surface area (Å²) in [7, 11) is 1.58. The van der Waals surface area contributed by atoms with E-state index in [9.17, 15) is 9.59 Å². The van der Waals surface area contributed by atoms with Gasteiger partial charge in [-0.25, -0.2) is 9.48 Å². The number of hydrogen-bond acceptors (Lipinski definition) is 6. The molecule has 1 amide bonds. The van der Waals surface area contributed by atoms with Crippen LogP contribution >= 0.6 is 0 Å². The van der Waals surface area contributed by atoms with Crippen molar-refractivity contribution in [2.45, 2.75) is 13.3 Å². The van der Waals surface area contributed by atoms with Crippen LogP contribution in [0.2, 0.25) is 0 Å². The third kappa shape index (κ3) is 3.68. The summed E-state index contributed by atoms with van der Waals surface area (Å²) in [6.07, 6.45) is 0.479. The number of esters is 1. The van der Waals surface area contributed by atoms with E-state index in [0.29, 0.717) is 35.7 Å². The minimum atomic E-state index is -0.534. The number of aliphatic imine (C=N–C) groups is 1. The van der Waals surface area contributed by atoms with Gasteiger partial charge < -0.3 is 14.4 Å². The second kappa shape index (κ2) is 8.43. The molecule has 0 saturated carbocycles. The Morgan fingerprint density at radius 3 is 2.42 bits per heavy atom. The van der Waals surface area contributed by atoms with Crippen molar-refractivity contribution in [3.8, 4) is 11.4 Å². The number of hydrogen-bond donors (Lipinski definition) is 0. The van der Waals surface area contributed by atoms with Crippen LogP contribution < -0.4 is 9.64 Å². The zero-order valence-corrected chi connectivity index (χ0v) is 17.4. The van der Waals surface area contributed by atoms with E-state index in [2.05, 4.69) is 16.8 Å². The maximum Gasteiger partial charge on any atom is 0.359 e. The third-order valence-electron chi connectivity index (χ3n) is 5.15. The summed E-state index contributed by atoms with van der Waals surface area (Å²) in [4.78, 5) is 31.6. The zero-order valence-electron chi connectivity index (χ0n) is 17.4. The minimum Gasteiger partial charge on any atom is -0.497 e. The lowest BCUT2D eigenvalue weighted by Gasteiger charge is -2.27. The topological polar surface area (TPSA) is 86.0 Å². The maximum atomic E-state index is 13.5. The van der Waals surface area contributed by atoms with Gasteiger partial charge in [0.2, 0.25) is 0 Å². The first kappa shape index (κ1) is 20.3. The molecule has 1 aliphatic heterocycles. The molecule has 0 fully saturated rings. The summed E-state index contributed by atoms with van der Waals surface area (Å²) >= 11 is 0. The predicted octanol–water partition coefficient (Wildman–Crippen LogP) is 3.59. The van der Waals surface area contributed by atoms with E-state index in [4.69, 9.17) is 9.47 Å². The molecule has 0 spiro atoms. The van der Waals surface area contributed by atoms with E-state index < -0.39 is 5.97 Å². The Morgan fingerprint density at radius 2 is 1.81 bits per heavy atom. The predicted molar refractivity (Wildman–Crippen MR) is 117 cm³/mol. The number of fused-ring (bicyclic) bond motifs is 1. The average Bonchev–Trinajstić information content (AvgIpc) is 3.20. The molecular formula is C23H22N4O4. The van der Waals surface area contributed by atoms with Crippen molar-refractivity contribution >= 4 is 30.0 Å². The van der Waals surface area contributed by atoms with Crippen molar-refractivity contribution in [1.82, 2.24) is 9.78 Å². The molecule has 8 heteroatoms. The standard InChI is InChI=1S/C23H22N4O4/c1-4-31-23(29)20-19-13-14-26(16-7-5-15(24-2)6-8-16)22(28)21(19)27(25-20)17-9-11-18(30-3)12-10-17/h5-12H,2,4,13-14H2,1,3H3. The quantitative estimate of drug-likeness (QED) is 0.451. The highest BCUT2D eigenvalue weighted by atomic mass is 16.5. The highest BCUT2D eigenvalue weighted by molar-refractivity contribution is 6.09. The first-order valence-corrected chi connectivity index (χ1v) is 9.89. The maximum absolute atomic E-state index is 13.5. The molecule has 2 aromatic carbocycles. The Kier molecular flexibility index (Phi) is 5.53. The normalized spacial score (nSPS) is 13.0. The molecule has 0 radical (unpaired) electrons. The number of benzene rings is 2. The summed E-state index contributed by atoms with van der Waals surface area (Å²) in [5.74, 6) is -0.0904. The van der Waals surface area contributed by atoms with Gasteiger partial charge in [-0.2, -0.15) is 5.10 Å². The fourth-order valence-electron chi connectivity index (χ4n) is 3.62. The highest BCUT2D eigenvalue weighted by Gasteiger charge is 2.35. The SMILES string of the molecule is C=Nc1ccc(N2CCc3c(C(=O)OCC)nn(-c4ccc(OC)cc4)c3C2=O)cc1. The number of carbonyl (C=O) groups excluding carboxylic acids is 2. The summed E-state index contributed by atoms with van der Waals surface area (Å²) in [6, 6.07) is 14.4. The Balaban J connectivity index is 1.81. The molecule has 2 heterocycles. The van der Waals surface area contributed by atoms with Gasteiger partial charge in [-0.1, -0.05) is 0 Å². The second-order valence-corrected chi connectivity index (χ2v) is 6.89. The first-order valence-electron chi connectivity index (χ1n) is 9.89. The van der Waals surface area contributed by atoms with Crippen molar-refractivity contribution < 1.29 is 19.1 Å². The number of nitrogens with zero attached hydrogens (tertiary/aromatic N) is 4. The van der Waals surface area contributed by atoms with Gasteiger partial charge in [-0.15, -0.1) is 0 Å². The van der Waals surface area contributed by atoms with Crippen LogP contribution in [-0.4, -0.2) is 48.6 Å². The summed E-state index contributed by atoms with van der Waals surface area (Å²) in [5.41, 5.74) is 3.23. The lowest BCUT2D eigenvalue weighted by molar-refractivity contribution is 0.0517. The average molecular weight is 418 g/mol. The molecule has 4 rings (SSSR count). The van der Waals surface area contributed by atoms with Crippen LogP contribution in [0, 0.1) is 0 Å². The van der Waals surface area contributed by atoms with Crippen LogP contribution in [0.1, 0.15) is 33.5 Å². The van der Waals surface area contributed by atoms with Gasteiger partial charge in [0.25, 0.3) is 5.91 Å². The van der Waals surface area contributed by atoms with E-state index in [0.717, 1.165) is 11.4 Å². The Hall–Kier alpha value is -3.94. The zero-order chi connectivity index (χ0) is 22.0. The van der Waals surface area contributed by atoms with E-state index in [1.54, 1.807) is 55.3 Å². The molecule has 0 saturated heterocycles. The monoisotopic (exact) mass is 418 g/mol. The molecule has 3 aromatic rings. The van der Waals surface area contributed by atoms with Crippen molar-refractivity contribution in [2.24, 2.45) is 4.99 Å². The number of methoxy groups -OCH3 is 1. The fourth-order valence-corrected chi connectivity index (χ4v) is 3.62. The molecule has 0 unspecified atom stereocenters. The minimum absolute atomic E-state index is 0.173. The van der Waals surface area contributed by atoms with Crippen LogP contribution in [-0.2, 0) is 11.2 Å². The van der Waals surface area contributed by atoms with Gasteiger partial charge in [0.15, 0.2) is 5.69 Å². The lowest BCUT2D eigenvalue weighted by atomic mass is 10.0. The van der Waals surface area contributed by atoms with Crippen molar-refractivity contribution in [2.75, 3.05) is 25.2 Å². The van der Waals surface area contributed by atoms with Crippen molar-refractivity contribution in [1.29, 1.82) is 0 Å². The Morgan fingerprint density at radius 1 is 1.13 bits per heavy atom. The molecule has 31 heavy (non-hydrogen) atoms. The van der Waals surface area contributed by atoms with Crippen molar-refractivity contribution in [3.63, 3.8) is 0 Å². The molecule has 158 valence electrons. The van der Waals surface area contributed by atoms with E-state index >= 15 is 0 Å². The third-order valence-corrected chi connectivity index (χ3v) is 5.15. The molecule has 0 N–H and O–H groups in total. The van der Waals surface area contributed by atoms with Gasteiger partial charge in [0.05, 0.1) is 25.1 Å².